The number of nitrogens with one attached hydrogen (secondary N) is 1. The molecule has 0 saturated heterocycles. The molecule has 2 rings (SSSR count). The van der Waals surface area contributed by atoms with Gasteiger partial charge in [-0.25, -0.2) is 0 Å². The number of hydrogen-bond donors (Lipinski definition) is 2. The lowest BCUT2D eigenvalue weighted by Crippen LogP contribution is -2.23. The van der Waals surface area contributed by atoms with Gasteiger partial charge in [-0.2, -0.15) is 5.26 Å². The molecule has 5 nitrogen and oxygen atoms in total. The number of carbonyl (C=O) groups is 2. The van der Waals surface area contributed by atoms with Gasteiger partial charge in [0.15, 0.2) is 0 Å². The van der Waals surface area contributed by atoms with Crippen molar-refractivity contribution < 1.29 is 9.59 Å². The maximum atomic E-state index is 12.0. The van der Waals surface area contributed by atoms with Crippen molar-refractivity contribution in [3.8, 4) is 6.07 Å². The van der Waals surface area contributed by atoms with Crippen molar-refractivity contribution in [2.24, 2.45) is 5.73 Å². The van der Waals surface area contributed by atoms with Crippen LogP contribution in [0.1, 0.15) is 31.8 Å². The summed E-state index contributed by atoms with van der Waals surface area (Å²) in [5, 5.41) is 11.6. The normalized spacial score (nSPS) is 9.67. The van der Waals surface area contributed by atoms with Crippen LogP contribution in [0.2, 0.25) is 0 Å². The van der Waals surface area contributed by atoms with E-state index in [2.05, 4.69) is 5.32 Å². The Bertz CT molecular complexity index is 732. The minimum atomic E-state index is -0.577. The van der Waals surface area contributed by atoms with E-state index in [9.17, 15) is 9.59 Å². The molecule has 2 aromatic carbocycles. The quantitative estimate of drug-likeness (QED) is 0.889. The van der Waals surface area contributed by atoms with Crippen molar-refractivity contribution in [3.63, 3.8) is 0 Å². The molecule has 0 aliphatic rings. The van der Waals surface area contributed by atoms with Crippen LogP contribution in [0.25, 0.3) is 0 Å². The van der Waals surface area contributed by atoms with Crippen LogP contribution in [0, 0.1) is 11.3 Å². The molecule has 21 heavy (non-hydrogen) atoms. The van der Waals surface area contributed by atoms with Gasteiger partial charge >= 0.3 is 0 Å². The Balaban J connectivity index is 2.06. The molecular formula is C16H13N3O2. The number of hydrogen-bond acceptors (Lipinski definition) is 3. The fraction of sp³-hybridized carbons (Fsp3) is 0.0625. The third-order valence-electron chi connectivity index (χ3n) is 2.92. The molecule has 5 heteroatoms. The minimum Gasteiger partial charge on any atom is -0.366 e. The van der Waals surface area contributed by atoms with Gasteiger partial charge < -0.3 is 11.1 Å². The number of nitrogens with zero attached hydrogens (tertiary/aromatic N) is 1. The molecular weight excluding hydrogens is 266 g/mol. The maximum absolute atomic E-state index is 12.0. The van der Waals surface area contributed by atoms with Gasteiger partial charge in [0.25, 0.3) is 5.91 Å². The van der Waals surface area contributed by atoms with E-state index in [0.717, 1.165) is 5.56 Å². The summed E-state index contributed by atoms with van der Waals surface area (Å²) in [6.07, 6.45) is 0. The molecule has 2 amide bonds. The van der Waals surface area contributed by atoms with E-state index >= 15 is 0 Å². The van der Waals surface area contributed by atoms with Crippen LogP contribution >= 0.6 is 0 Å². The molecule has 0 aliphatic carbocycles. The van der Waals surface area contributed by atoms with Gasteiger partial charge in [-0.3, -0.25) is 9.59 Å². The van der Waals surface area contributed by atoms with Crippen LogP contribution in [0.4, 0.5) is 0 Å². The number of rotatable bonds is 4. The largest absolute Gasteiger partial charge is 0.366 e. The van der Waals surface area contributed by atoms with Gasteiger partial charge in [-0.1, -0.05) is 18.2 Å². The zero-order chi connectivity index (χ0) is 15.2. The predicted molar refractivity (Wildman–Crippen MR) is 77.3 cm³/mol. The highest BCUT2D eigenvalue weighted by molar-refractivity contribution is 5.99. The Morgan fingerprint density at radius 2 is 1.81 bits per heavy atom. The fourth-order valence-electron chi connectivity index (χ4n) is 1.85. The number of nitriles is 1. The van der Waals surface area contributed by atoms with Crippen LogP contribution < -0.4 is 11.1 Å². The summed E-state index contributed by atoms with van der Waals surface area (Å²) >= 11 is 0. The summed E-state index contributed by atoms with van der Waals surface area (Å²) in [5.74, 6) is -0.883. The number of nitrogens with two attached hydrogens (primary N) is 1. The molecule has 2 aromatic rings. The fourth-order valence-corrected chi connectivity index (χ4v) is 1.85. The molecule has 0 heterocycles. The summed E-state index contributed by atoms with van der Waals surface area (Å²) in [4.78, 5) is 23.1. The lowest BCUT2D eigenvalue weighted by molar-refractivity contribution is 0.0951. The van der Waals surface area contributed by atoms with Crippen LogP contribution in [0.15, 0.2) is 48.5 Å². The Kier molecular flexibility index (Phi) is 4.32. The molecule has 0 aliphatic heterocycles. The van der Waals surface area contributed by atoms with Crippen LogP contribution in [-0.2, 0) is 6.54 Å². The Morgan fingerprint density at radius 1 is 1.10 bits per heavy atom. The summed E-state index contributed by atoms with van der Waals surface area (Å²) in [6, 6.07) is 15.2. The van der Waals surface area contributed by atoms with E-state index in [1.54, 1.807) is 36.4 Å². The highest BCUT2D eigenvalue weighted by Gasteiger charge is 2.08. The van der Waals surface area contributed by atoms with Crippen LogP contribution in [0.5, 0.6) is 0 Å². The second kappa shape index (κ2) is 6.35. The van der Waals surface area contributed by atoms with Crippen molar-refractivity contribution in [2.45, 2.75) is 6.54 Å². The van der Waals surface area contributed by atoms with E-state index in [-0.39, 0.29) is 11.5 Å². The average molecular weight is 279 g/mol. The predicted octanol–water partition coefficient (Wildman–Crippen LogP) is 1.59. The van der Waals surface area contributed by atoms with Gasteiger partial charge in [-0.15, -0.1) is 0 Å². The molecule has 104 valence electrons. The SMILES string of the molecule is N#Cc1cccc(CNC(=O)c2cccc(C(N)=O)c2)c1. The molecule has 0 spiro atoms. The molecule has 0 radical (unpaired) electrons. The lowest BCUT2D eigenvalue weighted by atomic mass is 10.1. The van der Waals surface area contributed by atoms with Crippen molar-refractivity contribution in [1.29, 1.82) is 5.26 Å². The molecule has 0 unspecified atom stereocenters. The van der Waals surface area contributed by atoms with Crippen LogP contribution in [-0.4, -0.2) is 11.8 Å². The number of carbonyl (C=O) groups excluding carboxylic acids is 2. The van der Waals surface area contributed by atoms with Crippen molar-refractivity contribution in [2.75, 3.05) is 0 Å². The monoisotopic (exact) mass is 279 g/mol. The topological polar surface area (TPSA) is 96.0 Å². The Hall–Kier alpha value is -3.13. The molecule has 0 fully saturated rings. The average Bonchev–Trinajstić information content (AvgIpc) is 2.53. The number of primary amides is 1. The summed E-state index contributed by atoms with van der Waals surface area (Å²) in [6.45, 7) is 0.301. The lowest BCUT2D eigenvalue weighted by Gasteiger charge is -2.06. The Labute approximate surface area is 122 Å². The standard InChI is InChI=1S/C16H13N3O2/c17-9-11-3-1-4-12(7-11)10-19-16(21)14-6-2-5-13(8-14)15(18)20/h1-8H,10H2,(H2,18,20)(H,19,21). The highest BCUT2D eigenvalue weighted by Crippen LogP contribution is 2.07. The Morgan fingerprint density at radius 3 is 2.52 bits per heavy atom. The summed E-state index contributed by atoms with van der Waals surface area (Å²) in [5.41, 5.74) is 7.19. The van der Waals surface area contributed by atoms with Crippen molar-refractivity contribution in [1.82, 2.24) is 5.32 Å². The number of benzene rings is 2. The minimum absolute atomic E-state index is 0.286. The van der Waals surface area contributed by atoms with E-state index in [0.29, 0.717) is 17.7 Å². The second-order valence-electron chi connectivity index (χ2n) is 4.44. The molecule has 0 saturated carbocycles. The maximum Gasteiger partial charge on any atom is 0.251 e. The van der Waals surface area contributed by atoms with E-state index in [1.165, 1.54) is 6.07 Å². The first kappa shape index (κ1) is 14.3. The molecule has 0 aromatic heterocycles. The summed E-state index contributed by atoms with van der Waals surface area (Å²) < 4.78 is 0. The van der Waals surface area contributed by atoms with Gasteiger partial charge in [-0.05, 0) is 35.9 Å². The highest BCUT2D eigenvalue weighted by atomic mass is 16.2. The first-order valence-corrected chi connectivity index (χ1v) is 6.27. The van der Waals surface area contributed by atoms with Gasteiger partial charge in [0.05, 0.1) is 11.6 Å². The van der Waals surface area contributed by atoms with Crippen molar-refractivity contribution in [3.05, 3.63) is 70.8 Å². The van der Waals surface area contributed by atoms with Gasteiger partial charge in [0, 0.05) is 17.7 Å². The van der Waals surface area contributed by atoms with Crippen LogP contribution in [0.3, 0.4) is 0 Å². The van der Waals surface area contributed by atoms with E-state index in [4.69, 9.17) is 11.0 Å². The zero-order valence-electron chi connectivity index (χ0n) is 11.2. The van der Waals surface area contributed by atoms with E-state index < -0.39 is 5.91 Å². The van der Waals surface area contributed by atoms with Crippen molar-refractivity contribution >= 4 is 11.8 Å². The smallest absolute Gasteiger partial charge is 0.251 e. The molecule has 0 atom stereocenters. The van der Waals surface area contributed by atoms with Gasteiger partial charge in [0.1, 0.15) is 0 Å². The van der Waals surface area contributed by atoms with E-state index in [1.807, 2.05) is 12.1 Å². The molecule has 3 N–H and O–H groups in total. The first-order chi connectivity index (χ1) is 10.1. The third kappa shape index (κ3) is 3.67. The summed E-state index contributed by atoms with van der Waals surface area (Å²) in [7, 11) is 0. The number of amides is 2. The molecule has 0 bridgehead atoms. The first-order valence-electron chi connectivity index (χ1n) is 6.27. The van der Waals surface area contributed by atoms with Gasteiger partial charge in [0.2, 0.25) is 5.91 Å². The third-order valence-corrected chi connectivity index (χ3v) is 2.92. The second-order valence-corrected chi connectivity index (χ2v) is 4.44. The zero-order valence-corrected chi connectivity index (χ0v) is 11.2.